The standard InChI is InChI=1S/C15H22BrNO/c1-10(2)11-8-12(14(16)13(9-11)18-4)15(3)6-5-7-17-15/h8-10,17H,5-7H2,1-4H3. The van der Waals surface area contributed by atoms with E-state index in [1.54, 1.807) is 7.11 Å². The van der Waals surface area contributed by atoms with Gasteiger partial charge in [0.15, 0.2) is 0 Å². The molecule has 0 saturated carbocycles. The van der Waals surface area contributed by atoms with Crippen LogP contribution in [0.15, 0.2) is 16.6 Å². The van der Waals surface area contributed by atoms with Crippen molar-refractivity contribution >= 4 is 15.9 Å². The Hall–Kier alpha value is -0.540. The highest BCUT2D eigenvalue weighted by atomic mass is 79.9. The Morgan fingerprint density at radius 1 is 1.39 bits per heavy atom. The van der Waals surface area contributed by atoms with Crippen molar-refractivity contribution in [2.45, 2.75) is 45.1 Å². The van der Waals surface area contributed by atoms with E-state index < -0.39 is 0 Å². The number of benzene rings is 1. The van der Waals surface area contributed by atoms with Crippen LogP contribution in [0.1, 0.15) is 50.7 Å². The van der Waals surface area contributed by atoms with Crippen LogP contribution in [-0.2, 0) is 5.54 Å². The number of halogens is 1. The highest BCUT2D eigenvalue weighted by Crippen LogP contribution is 2.41. The van der Waals surface area contributed by atoms with E-state index in [1.807, 2.05) is 0 Å². The van der Waals surface area contributed by atoms with E-state index >= 15 is 0 Å². The summed E-state index contributed by atoms with van der Waals surface area (Å²) in [6, 6.07) is 4.45. The van der Waals surface area contributed by atoms with Crippen molar-refractivity contribution in [3.05, 3.63) is 27.7 Å². The van der Waals surface area contributed by atoms with Crippen LogP contribution >= 0.6 is 15.9 Å². The van der Waals surface area contributed by atoms with E-state index in [1.165, 1.54) is 24.0 Å². The monoisotopic (exact) mass is 311 g/mol. The fourth-order valence-electron chi connectivity index (χ4n) is 2.63. The molecule has 1 aromatic rings. The summed E-state index contributed by atoms with van der Waals surface area (Å²) in [5, 5.41) is 3.62. The number of ether oxygens (including phenoxy) is 1. The summed E-state index contributed by atoms with van der Waals surface area (Å²) in [6.45, 7) is 7.81. The van der Waals surface area contributed by atoms with Crippen molar-refractivity contribution in [3.63, 3.8) is 0 Å². The van der Waals surface area contributed by atoms with E-state index in [-0.39, 0.29) is 5.54 Å². The minimum Gasteiger partial charge on any atom is -0.496 e. The second-order valence-electron chi connectivity index (χ2n) is 5.60. The van der Waals surface area contributed by atoms with Crippen LogP contribution < -0.4 is 10.1 Å². The predicted octanol–water partition coefficient (Wildman–Crippen LogP) is 4.18. The molecule has 0 spiro atoms. The first-order valence-electron chi connectivity index (χ1n) is 6.61. The van der Waals surface area contributed by atoms with Crippen molar-refractivity contribution in [3.8, 4) is 5.75 Å². The zero-order valence-electron chi connectivity index (χ0n) is 11.6. The molecule has 1 heterocycles. The van der Waals surface area contributed by atoms with Gasteiger partial charge in [-0.2, -0.15) is 0 Å². The molecule has 3 heteroatoms. The van der Waals surface area contributed by atoms with Crippen LogP contribution in [0.3, 0.4) is 0 Å². The maximum absolute atomic E-state index is 5.51. The first-order valence-corrected chi connectivity index (χ1v) is 7.40. The molecule has 1 N–H and O–H groups in total. The van der Waals surface area contributed by atoms with E-state index in [0.717, 1.165) is 16.8 Å². The fraction of sp³-hybridized carbons (Fsp3) is 0.600. The molecule has 0 amide bonds. The lowest BCUT2D eigenvalue weighted by Gasteiger charge is -2.28. The van der Waals surface area contributed by atoms with Gasteiger partial charge in [-0.3, -0.25) is 0 Å². The minimum atomic E-state index is 0.0665. The average molecular weight is 312 g/mol. The molecule has 1 atom stereocenters. The van der Waals surface area contributed by atoms with Gasteiger partial charge in [0, 0.05) is 5.54 Å². The second kappa shape index (κ2) is 5.22. The zero-order chi connectivity index (χ0) is 13.3. The van der Waals surface area contributed by atoms with Gasteiger partial charge < -0.3 is 10.1 Å². The van der Waals surface area contributed by atoms with Gasteiger partial charge in [0.2, 0.25) is 0 Å². The normalized spacial score (nSPS) is 23.7. The smallest absolute Gasteiger partial charge is 0.133 e. The SMILES string of the molecule is COc1cc(C(C)C)cc(C2(C)CCCN2)c1Br. The second-order valence-corrected chi connectivity index (χ2v) is 6.39. The number of hydrogen-bond donors (Lipinski definition) is 1. The number of rotatable bonds is 3. The van der Waals surface area contributed by atoms with Gasteiger partial charge in [-0.15, -0.1) is 0 Å². The average Bonchev–Trinajstić information content (AvgIpc) is 2.77. The number of nitrogens with one attached hydrogen (secondary N) is 1. The first-order chi connectivity index (χ1) is 8.48. The maximum atomic E-state index is 5.51. The molecule has 0 aromatic heterocycles. The van der Waals surface area contributed by atoms with Crippen molar-refractivity contribution < 1.29 is 4.74 Å². The van der Waals surface area contributed by atoms with Gasteiger partial charge in [0.25, 0.3) is 0 Å². The number of methoxy groups -OCH3 is 1. The summed E-state index contributed by atoms with van der Waals surface area (Å²) < 4.78 is 6.60. The van der Waals surface area contributed by atoms with E-state index in [4.69, 9.17) is 4.74 Å². The van der Waals surface area contributed by atoms with Gasteiger partial charge in [-0.05, 0) is 65.4 Å². The van der Waals surface area contributed by atoms with Crippen LogP contribution in [0, 0.1) is 0 Å². The Balaban J connectivity index is 2.54. The van der Waals surface area contributed by atoms with Gasteiger partial charge >= 0.3 is 0 Å². The largest absolute Gasteiger partial charge is 0.496 e. The van der Waals surface area contributed by atoms with Crippen LogP contribution in [0.4, 0.5) is 0 Å². The molecule has 1 saturated heterocycles. The summed E-state index contributed by atoms with van der Waals surface area (Å²) >= 11 is 3.70. The molecular weight excluding hydrogens is 290 g/mol. The highest BCUT2D eigenvalue weighted by Gasteiger charge is 2.33. The molecule has 2 rings (SSSR count). The van der Waals surface area contributed by atoms with Gasteiger partial charge in [-0.1, -0.05) is 19.9 Å². The van der Waals surface area contributed by atoms with Gasteiger partial charge in [0.1, 0.15) is 5.75 Å². The van der Waals surface area contributed by atoms with Crippen molar-refractivity contribution in [1.82, 2.24) is 5.32 Å². The summed E-state index contributed by atoms with van der Waals surface area (Å²) in [4.78, 5) is 0. The van der Waals surface area contributed by atoms with Gasteiger partial charge in [0.05, 0.1) is 11.6 Å². The van der Waals surface area contributed by atoms with E-state index in [2.05, 4.69) is 54.2 Å². The molecule has 0 aliphatic carbocycles. The molecule has 100 valence electrons. The van der Waals surface area contributed by atoms with E-state index in [0.29, 0.717) is 5.92 Å². The van der Waals surface area contributed by atoms with Crippen molar-refractivity contribution in [2.24, 2.45) is 0 Å². The summed E-state index contributed by atoms with van der Waals surface area (Å²) in [5.74, 6) is 1.45. The Labute approximate surface area is 118 Å². The van der Waals surface area contributed by atoms with Crippen molar-refractivity contribution in [2.75, 3.05) is 13.7 Å². The lowest BCUT2D eigenvalue weighted by atomic mass is 9.87. The third kappa shape index (κ3) is 2.43. The minimum absolute atomic E-state index is 0.0665. The molecule has 1 fully saturated rings. The lowest BCUT2D eigenvalue weighted by Crippen LogP contribution is -2.33. The molecule has 1 aromatic carbocycles. The molecular formula is C15H22BrNO. The molecule has 2 nitrogen and oxygen atoms in total. The summed E-state index contributed by atoms with van der Waals surface area (Å²) in [6.07, 6.45) is 2.41. The summed E-state index contributed by atoms with van der Waals surface area (Å²) in [7, 11) is 1.73. The third-order valence-electron chi connectivity index (χ3n) is 3.91. The van der Waals surface area contributed by atoms with Gasteiger partial charge in [-0.25, -0.2) is 0 Å². The molecule has 0 bridgehead atoms. The van der Waals surface area contributed by atoms with Crippen LogP contribution in [0.5, 0.6) is 5.75 Å². The topological polar surface area (TPSA) is 21.3 Å². The quantitative estimate of drug-likeness (QED) is 0.904. The highest BCUT2D eigenvalue weighted by molar-refractivity contribution is 9.10. The van der Waals surface area contributed by atoms with E-state index in [9.17, 15) is 0 Å². The number of hydrogen-bond acceptors (Lipinski definition) is 2. The van der Waals surface area contributed by atoms with Crippen LogP contribution in [0.25, 0.3) is 0 Å². The Morgan fingerprint density at radius 2 is 2.11 bits per heavy atom. The Morgan fingerprint density at radius 3 is 2.61 bits per heavy atom. The van der Waals surface area contributed by atoms with Crippen molar-refractivity contribution in [1.29, 1.82) is 0 Å². The predicted molar refractivity (Wildman–Crippen MR) is 79.4 cm³/mol. The molecule has 1 aliphatic rings. The Kier molecular flexibility index (Phi) is 4.02. The third-order valence-corrected chi connectivity index (χ3v) is 4.73. The van der Waals surface area contributed by atoms with Crippen LogP contribution in [-0.4, -0.2) is 13.7 Å². The maximum Gasteiger partial charge on any atom is 0.133 e. The fourth-order valence-corrected chi connectivity index (χ4v) is 3.46. The van der Waals surface area contributed by atoms with Crippen LogP contribution in [0.2, 0.25) is 0 Å². The molecule has 0 radical (unpaired) electrons. The molecule has 1 aliphatic heterocycles. The molecule has 1 unspecified atom stereocenters. The summed E-state index contributed by atoms with van der Waals surface area (Å²) in [5.41, 5.74) is 2.72. The lowest BCUT2D eigenvalue weighted by molar-refractivity contribution is 0.398. The molecule has 18 heavy (non-hydrogen) atoms. The first kappa shape index (κ1) is 13.9. The Bertz CT molecular complexity index is 436. The zero-order valence-corrected chi connectivity index (χ0v) is 13.2.